The molecule has 1 aromatic rings. The van der Waals surface area contributed by atoms with E-state index in [0.717, 1.165) is 22.9 Å². The topological polar surface area (TPSA) is 42.0 Å². The lowest BCUT2D eigenvalue weighted by Gasteiger charge is -2.11. The number of nitrogens with one attached hydrogen (secondary N) is 1. The van der Waals surface area contributed by atoms with Gasteiger partial charge in [0.05, 0.1) is 0 Å². The van der Waals surface area contributed by atoms with Gasteiger partial charge in [-0.25, -0.2) is 4.98 Å². The van der Waals surface area contributed by atoms with Gasteiger partial charge in [-0.1, -0.05) is 12.2 Å². The number of aryl methyl sites for hydroxylation is 1. The Kier molecular flexibility index (Phi) is 3.39. The van der Waals surface area contributed by atoms with Crippen LogP contribution in [0.2, 0.25) is 0 Å². The molecular weight excluding hydrogens is 268 g/mol. The van der Waals surface area contributed by atoms with E-state index in [0.29, 0.717) is 5.82 Å². The SMILES string of the molecule is Cc1cc(Br)cnc1NC(=O)C1CC=CC1. The second-order valence-corrected chi connectivity index (χ2v) is 4.86. The highest BCUT2D eigenvalue weighted by molar-refractivity contribution is 9.10. The zero-order valence-corrected chi connectivity index (χ0v) is 10.6. The quantitative estimate of drug-likeness (QED) is 0.846. The Balaban J connectivity index is 2.06. The van der Waals surface area contributed by atoms with Crippen LogP contribution in [0, 0.1) is 12.8 Å². The number of rotatable bonds is 2. The molecule has 0 fully saturated rings. The van der Waals surface area contributed by atoms with Gasteiger partial charge in [-0.3, -0.25) is 4.79 Å². The van der Waals surface area contributed by atoms with Crippen molar-refractivity contribution in [1.29, 1.82) is 0 Å². The van der Waals surface area contributed by atoms with Crippen LogP contribution < -0.4 is 5.32 Å². The van der Waals surface area contributed by atoms with Crippen LogP contribution in [-0.2, 0) is 4.79 Å². The van der Waals surface area contributed by atoms with E-state index in [4.69, 9.17) is 0 Å². The molecule has 1 heterocycles. The summed E-state index contributed by atoms with van der Waals surface area (Å²) in [6, 6.07) is 1.94. The molecule has 1 aliphatic carbocycles. The van der Waals surface area contributed by atoms with E-state index in [1.54, 1.807) is 6.20 Å². The molecule has 1 amide bonds. The van der Waals surface area contributed by atoms with E-state index in [9.17, 15) is 4.79 Å². The maximum Gasteiger partial charge on any atom is 0.229 e. The van der Waals surface area contributed by atoms with Crippen molar-refractivity contribution in [3.05, 3.63) is 34.5 Å². The normalized spacial score (nSPS) is 15.4. The average Bonchev–Trinajstić information content (AvgIpc) is 2.75. The summed E-state index contributed by atoms with van der Waals surface area (Å²) in [5.74, 6) is 0.785. The second-order valence-electron chi connectivity index (χ2n) is 3.95. The zero-order valence-electron chi connectivity index (χ0n) is 9.03. The van der Waals surface area contributed by atoms with Crippen molar-refractivity contribution in [2.24, 2.45) is 5.92 Å². The van der Waals surface area contributed by atoms with Crippen LogP contribution in [0.1, 0.15) is 18.4 Å². The Labute approximate surface area is 103 Å². The lowest BCUT2D eigenvalue weighted by molar-refractivity contribution is -0.119. The fourth-order valence-corrected chi connectivity index (χ4v) is 2.17. The highest BCUT2D eigenvalue weighted by Crippen LogP contribution is 2.21. The summed E-state index contributed by atoms with van der Waals surface area (Å²) in [5.41, 5.74) is 0.966. The van der Waals surface area contributed by atoms with Gasteiger partial charge in [0.1, 0.15) is 5.82 Å². The number of amides is 1. The van der Waals surface area contributed by atoms with Gasteiger partial charge in [-0.2, -0.15) is 0 Å². The molecule has 4 heteroatoms. The summed E-state index contributed by atoms with van der Waals surface area (Å²) < 4.78 is 0.922. The van der Waals surface area contributed by atoms with Crippen molar-refractivity contribution < 1.29 is 4.79 Å². The second kappa shape index (κ2) is 4.78. The van der Waals surface area contributed by atoms with Crippen LogP contribution in [0.3, 0.4) is 0 Å². The Morgan fingerprint density at radius 3 is 2.81 bits per heavy atom. The Hall–Kier alpha value is -1.16. The third-order valence-electron chi connectivity index (χ3n) is 2.67. The fraction of sp³-hybridized carbons (Fsp3) is 0.333. The van der Waals surface area contributed by atoms with Crippen molar-refractivity contribution in [2.75, 3.05) is 5.32 Å². The molecular formula is C12H13BrN2O. The summed E-state index contributed by atoms with van der Waals surface area (Å²) in [4.78, 5) is 16.0. The van der Waals surface area contributed by atoms with Gasteiger partial charge in [0.25, 0.3) is 0 Å². The van der Waals surface area contributed by atoms with Gasteiger partial charge >= 0.3 is 0 Å². The largest absolute Gasteiger partial charge is 0.310 e. The molecule has 16 heavy (non-hydrogen) atoms. The molecule has 1 aliphatic rings. The van der Waals surface area contributed by atoms with Crippen molar-refractivity contribution in [2.45, 2.75) is 19.8 Å². The third-order valence-corrected chi connectivity index (χ3v) is 3.10. The number of carbonyl (C=O) groups is 1. The number of anilines is 1. The van der Waals surface area contributed by atoms with Crippen LogP contribution in [0.15, 0.2) is 28.9 Å². The molecule has 0 unspecified atom stereocenters. The Bertz CT molecular complexity index is 435. The van der Waals surface area contributed by atoms with Crippen LogP contribution in [0.4, 0.5) is 5.82 Å². The van der Waals surface area contributed by atoms with E-state index in [1.807, 2.05) is 25.1 Å². The number of allylic oxidation sites excluding steroid dienone is 2. The van der Waals surface area contributed by atoms with E-state index in [1.165, 1.54) is 0 Å². The smallest absolute Gasteiger partial charge is 0.229 e. The van der Waals surface area contributed by atoms with E-state index < -0.39 is 0 Å². The molecule has 2 rings (SSSR count). The molecule has 0 atom stereocenters. The van der Waals surface area contributed by atoms with Crippen LogP contribution in [0.5, 0.6) is 0 Å². The average molecular weight is 281 g/mol. The van der Waals surface area contributed by atoms with Gasteiger partial charge in [-0.05, 0) is 47.3 Å². The monoisotopic (exact) mass is 280 g/mol. The summed E-state index contributed by atoms with van der Waals surface area (Å²) in [7, 11) is 0. The molecule has 0 saturated carbocycles. The molecule has 1 N–H and O–H groups in total. The van der Waals surface area contributed by atoms with Gasteiger partial charge in [-0.15, -0.1) is 0 Å². The number of hydrogen-bond acceptors (Lipinski definition) is 2. The minimum Gasteiger partial charge on any atom is -0.310 e. The number of halogens is 1. The zero-order chi connectivity index (χ0) is 11.5. The molecule has 3 nitrogen and oxygen atoms in total. The first-order valence-corrected chi connectivity index (χ1v) is 6.04. The molecule has 0 saturated heterocycles. The lowest BCUT2D eigenvalue weighted by atomic mass is 10.1. The highest BCUT2D eigenvalue weighted by atomic mass is 79.9. The van der Waals surface area contributed by atoms with Crippen LogP contribution in [-0.4, -0.2) is 10.9 Å². The maximum atomic E-state index is 11.8. The minimum absolute atomic E-state index is 0.0583. The molecule has 0 bridgehead atoms. The Morgan fingerprint density at radius 2 is 2.19 bits per heavy atom. The Morgan fingerprint density at radius 1 is 1.50 bits per heavy atom. The van der Waals surface area contributed by atoms with E-state index in [-0.39, 0.29) is 11.8 Å². The predicted molar refractivity (Wildman–Crippen MR) is 67.2 cm³/mol. The first-order chi connectivity index (χ1) is 7.66. The molecule has 0 aromatic carbocycles. The van der Waals surface area contributed by atoms with Gasteiger partial charge in [0.15, 0.2) is 0 Å². The number of carbonyl (C=O) groups excluding carboxylic acids is 1. The highest BCUT2D eigenvalue weighted by Gasteiger charge is 2.19. The van der Waals surface area contributed by atoms with Gasteiger partial charge in [0.2, 0.25) is 5.91 Å². The molecule has 0 aliphatic heterocycles. The van der Waals surface area contributed by atoms with Gasteiger partial charge < -0.3 is 5.32 Å². The first kappa shape index (κ1) is 11.3. The first-order valence-electron chi connectivity index (χ1n) is 5.25. The van der Waals surface area contributed by atoms with E-state index >= 15 is 0 Å². The maximum absolute atomic E-state index is 11.8. The molecule has 0 spiro atoms. The summed E-state index contributed by atoms with van der Waals surface area (Å²) in [6.45, 7) is 1.93. The van der Waals surface area contributed by atoms with E-state index in [2.05, 4.69) is 26.2 Å². The lowest BCUT2D eigenvalue weighted by Crippen LogP contribution is -2.21. The molecule has 1 aromatic heterocycles. The number of pyridine rings is 1. The number of nitrogens with zero attached hydrogens (tertiary/aromatic N) is 1. The number of hydrogen-bond donors (Lipinski definition) is 1. The van der Waals surface area contributed by atoms with Gasteiger partial charge in [0, 0.05) is 16.6 Å². The van der Waals surface area contributed by atoms with Crippen LogP contribution in [0.25, 0.3) is 0 Å². The summed E-state index contributed by atoms with van der Waals surface area (Å²) in [6.07, 6.45) is 7.45. The number of aromatic nitrogens is 1. The van der Waals surface area contributed by atoms with Crippen LogP contribution >= 0.6 is 15.9 Å². The summed E-state index contributed by atoms with van der Waals surface area (Å²) >= 11 is 3.34. The van der Waals surface area contributed by atoms with Crippen molar-refractivity contribution >= 4 is 27.7 Å². The standard InChI is InChI=1S/C12H13BrN2O/c1-8-6-10(13)7-14-11(8)15-12(16)9-4-2-3-5-9/h2-3,6-7,9H,4-5H2,1H3,(H,14,15,16). The van der Waals surface area contributed by atoms with Crippen molar-refractivity contribution in [3.63, 3.8) is 0 Å². The predicted octanol–water partition coefficient (Wildman–Crippen LogP) is 3.06. The van der Waals surface area contributed by atoms with Crippen molar-refractivity contribution in [3.8, 4) is 0 Å². The fourth-order valence-electron chi connectivity index (χ4n) is 1.72. The van der Waals surface area contributed by atoms with Crippen molar-refractivity contribution in [1.82, 2.24) is 4.98 Å². The molecule has 0 radical (unpaired) electrons. The molecule has 84 valence electrons. The third kappa shape index (κ3) is 2.50. The minimum atomic E-state index is 0.0583. The summed E-state index contributed by atoms with van der Waals surface area (Å²) in [5, 5.41) is 2.87.